The van der Waals surface area contributed by atoms with Crippen molar-refractivity contribution in [3.63, 3.8) is 0 Å². The Bertz CT molecular complexity index is 1050. The number of hydrogen-bond acceptors (Lipinski definition) is 5. The van der Waals surface area contributed by atoms with Gasteiger partial charge >= 0.3 is 0 Å². The largest absolute Gasteiger partial charge is 0.316 e. The van der Waals surface area contributed by atoms with Crippen molar-refractivity contribution < 1.29 is 9.72 Å². The predicted octanol–water partition coefficient (Wildman–Crippen LogP) is 5.13. The Morgan fingerprint density at radius 1 is 1.32 bits per heavy atom. The number of thiazole rings is 1. The van der Waals surface area contributed by atoms with Crippen molar-refractivity contribution in [2.24, 2.45) is 4.99 Å². The molecule has 25 heavy (non-hydrogen) atoms. The molecule has 6 nitrogen and oxygen atoms in total. The molecular formula is C15H11Cl2N3O3S2. The summed E-state index contributed by atoms with van der Waals surface area (Å²) in [5, 5.41) is 11.0. The van der Waals surface area contributed by atoms with Crippen molar-refractivity contribution in [3.8, 4) is 0 Å². The van der Waals surface area contributed by atoms with E-state index in [-0.39, 0.29) is 15.6 Å². The number of carbonyl (C=O) groups excluding carboxylic acids is 1. The van der Waals surface area contributed by atoms with Gasteiger partial charge in [0.2, 0.25) is 0 Å². The van der Waals surface area contributed by atoms with Crippen LogP contribution < -0.4 is 4.80 Å². The molecule has 0 N–H and O–H groups in total. The summed E-state index contributed by atoms with van der Waals surface area (Å²) in [6.45, 7) is 2.64. The van der Waals surface area contributed by atoms with Crippen molar-refractivity contribution in [1.29, 1.82) is 0 Å². The number of amides is 1. The number of fused-ring (bicyclic) bond motifs is 1. The highest BCUT2D eigenvalue weighted by Gasteiger charge is 2.16. The summed E-state index contributed by atoms with van der Waals surface area (Å²) < 4.78 is 3.28. The molecule has 0 fully saturated rings. The van der Waals surface area contributed by atoms with Crippen molar-refractivity contribution in [2.45, 2.75) is 19.9 Å². The minimum Gasteiger partial charge on any atom is -0.316 e. The molecule has 130 valence electrons. The molecule has 0 bridgehead atoms. The maximum absolute atomic E-state index is 12.4. The van der Waals surface area contributed by atoms with Crippen LogP contribution >= 0.6 is 45.9 Å². The van der Waals surface area contributed by atoms with Crippen LogP contribution in [0.1, 0.15) is 23.7 Å². The van der Waals surface area contributed by atoms with Gasteiger partial charge in [0.15, 0.2) is 4.80 Å². The number of nitrogens with zero attached hydrogens (tertiary/aromatic N) is 3. The maximum atomic E-state index is 12.4. The van der Waals surface area contributed by atoms with Gasteiger partial charge in [0.25, 0.3) is 11.6 Å². The summed E-state index contributed by atoms with van der Waals surface area (Å²) >= 11 is 14.2. The van der Waals surface area contributed by atoms with Crippen molar-refractivity contribution >= 4 is 67.7 Å². The Morgan fingerprint density at radius 2 is 2.08 bits per heavy atom. The van der Waals surface area contributed by atoms with Crippen LogP contribution in [-0.4, -0.2) is 15.4 Å². The zero-order chi connectivity index (χ0) is 18.1. The van der Waals surface area contributed by atoms with Gasteiger partial charge < -0.3 is 4.57 Å². The third kappa shape index (κ3) is 3.62. The summed E-state index contributed by atoms with van der Waals surface area (Å²) in [4.78, 5) is 27.6. The second-order valence-electron chi connectivity index (χ2n) is 5.10. The van der Waals surface area contributed by atoms with E-state index in [2.05, 4.69) is 4.99 Å². The molecule has 0 aliphatic rings. The van der Waals surface area contributed by atoms with E-state index in [9.17, 15) is 14.9 Å². The lowest BCUT2D eigenvalue weighted by molar-refractivity contribution is -0.384. The number of benzene rings is 1. The Hall–Kier alpha value is -1.74. The van der Waals surface area contributed by atoms with Crippen LogP contribution in [0.3, 0.4) is 0 Å². The quantitative estimate of drug-likeness (QED) is 0.437. The first kappa shape index (κ1) is 18.1. The van der Waals surface area contributed by atoms with Crippen LogP contribution in [0.5, 0.6) is 0 Å². The van der Waals surface area contributed by atoms with Crippen LogP contribution in [0.25, 0.3) is 10.2 Å². The van der Waals surface area contributed by atoms with E-state index in [4.69, 9.17) is 23.2 Å². The van der Waals surface area contributed by atoms with E-state index in [0.29, 0.717) is 20.4 Å². The SMILES string of the molecule is CCCn1c(=NC(=O)c2cc(Cl)sc2Cl)sc2cc([N+](=O)[O-])ccc21. The molecule has 10 heteroatoms. The zero-order valence-corrected chi connectivity index (χ0v) is 16.0. The Balaban J connectivity index is 2.16. The molecule has 0 aliphatic heterocycles. The zero-order valence-electron chi connectivity index (χ0n) is 12.9. The number of nitro groups is 1. The van der Waals surface area contributed by atoms with Crippen LogP contribution in [0.4, 0.5) is 5.69 Å². The van der Waals surface area contributed by atoms with Crippen LogP contribution in [0.2, 0.25) is 8.67 Å². The molecule has 2 aromatic heterocycles. The normalized spacial score (nSPS) is 12.0. The average molecular weight is 416 g/mol. The number of hydrogen-bond donors (Lipinski definition) is 0. The smallest absolute Gasteiger partial charge is 0.282 e. The molecule has 0 saturated carbocycles. The van der Waals surface area contributed by atoms with Crippen LogP contribution in [0.15, 0.2) is 29.3 Å². The topological polar surface area (TPSA) is 77.5 Å². The number of aromatic nitrogens is 1. The van der Waals surface area contributed by atoms with Crippen LogP contribution in [-0.2, 0) is 6.54 Å². The van der Waals surface area contributed by atoms with E-state index < -0.39 is 10.8 Å². The number of thiophene rings is 1. The molecule has 1 aromatic carbocycles. The van der Waals surface area contributed by atoms with Gasteiger partial charge in [-0.1, -0.05) is 41.5 Å². The van der Waals surface area contributed by atoms with Gasteiger partial charge in [0.05, 0.1) is 25.0 Å². The maximum Gasteiger partial charge on any atom is 0.282 e. The number of rotatable bonds is 4. The highest BCUT2D eigenvalue weighted by molar-refractivity contribution is 7.20. The third-order valence-corrected chi connectivity index (χ3v) is 5.94. The molecule has 0 saturated heterocycles. The first-order valence-electron chi connectivity index (χ1n) is 7.22. The summed E-state index contributed by atoms with van der Waals surface area (Å²) in [5.41, 5.74) is 1.06. The Morgan fingerprint density at radius 3 is 2.68 bits per heavy atom. The predicted molar refractivity (Wildman–Crippen MR) is 101 cm³/mol. The number of aryl methyl sites for hydroxylation is 1. The second kappa shape index (κ2) is 7.25. The van der Waals surface area contributed by atoms with Crippen molar-refractivity contribution in [3.05, 3.63) is 53.4 Å². The number of carbonyl (C=O) groups is 1. The lowest BCUT2D eigenvalue weighted by atomic mass is 10.3. The fourth-order valence-corrected chi connectivity index (χ4v) is 4.87. The molecule has 2 heterocycles. The highest BCUT2D eigenvalue weighted by Crippen LogP contribution is 2.31. The van der Waals surface area contributed by atoms with E-state index in [0.717, 1.165) is 23.3 Å². The minimum atomic E-state index is -0.487. The molecule has 0 radical (unpaired) electrons. The van der Waals surface area contributed by atoms with Gasteiger partial charge in [-0.25, -0.2) is 0 Å². The molecule has 0 atom stereocenters. The van der Waals surface area contributed by atoms with Crippen LogP contribution in [0, 0.1) is 10.1 Å². The first-order chi connectivity index (χ1) is 11.9. The molecule has 3 rings (SSSR count). The fourth-order valence-electron chi connectivity index (χ4n) is 2.33. The van der Waals surface area contributed by atoms with Gasteiger partial charge in [0, 0.05) is 18.7 Å². The van der Waals surface area contributed by atoms with E-state index in [1.165, 1.54) is 29.5 Å². The van der Waals surface area contributed by atoms with Gasteiger partial charge in [0.1, 0.15) is 4.34 Å². The van der Waals surface area contributed by atoms with E-state index in [1.807, 2.05) is 11.5 Å². The summed E-state index contributed by atoms with van der Waals surface area (Å²) in [6, 6.07) is 6.10. The van der Waals surface area contributed by atoms with E-state index >= 15 is 0 Å². The standard InChI is InChI=1S/C15H11Cl2N3O3S2/c1-2-5-19-10-4-3-8(20(22)23)6-11(10)24-15(19)18-14(21)9-7-12(16)25-13(9)17/h3-4,6-7H,2,5H2,1H3. The monoisotopic (exact) mass is 415 g/mol. The van der Waals surface area contributed by atoms with E-state index in [1.54, 1.807) is 6.07 Å². The Labute approximate surface area is 160 Å². The lowest BCUT2D eigenvalue weighted by Gasteiger charge is -2.02. The molecular weight excluding hydrogens is 405 g/mol. The number of halogens is 2. The summed E-state index contributed by atoms with van der Waals surface area (Å²) in [5.74, 6) is -0.487. The van der Waals surface area contributed by atoms with Gasteiger partial charge in [-0.2, -0.15) is 4.99 Å². The van der Waals surface area contributed by atoms with Gasteiger partial charge in [-0.05, 0) is 18.6 Å². The summed E-state index contributed by atoms with van der Waals surface area (Å²) in [7, 11) is 0. The minimum absolute atomic E-state index is 0.00272. The Kier molecular flexibility index (Phi) is 5.24. The fraction of sp³-hybridized carbons (Fsp3) is 0.200. The average Bonchev–Trinajstić information content (AvgIpc) is 3.07. The lowest BCUT2D eigenvalue weighted by Crippen LogP contribution is -2.16. The molecule has 0 aliphatic carbocycles. The van der Waals surface area contributed by atoms with Gasteiger partial charge in [-0.3, -0.25) is 14.9 Å². The molecule has 0 spiro atoms. The summed E-state index contributed by atoms with van der Waals surface area (Å²) in [6.07, 6.45) is 0.829. The number of nitro benzene ring substituents is 1. The number of non-ortho nitro benzene ring substituents is 1. The van der Waals surface area contributed by atoms with Crippen molar-refractivity contribution in [2.75, 3.05) is 0 Å². The molecule has 0 unspecified atom stereocenters. The molecule has 1 amide bonds. The second-order valence-corrected chi connectivity index (χ2v) is 8.39. The molecule has 3 aromatic rings. The first-order valence-corrected chi connectivity index (χ1v) is 9.61. The van der Waals surface area contributed by atoms with Gasteiger partial charge in [-0.15, -0.1) is 11.3 Å². The van der Waals surface area contributed by atoms with Crippen molar-refractivity contribution in [1.82, 2.24) is 4.57 Å². The third-order valence-electron chi connectivity index (χ3n) is 3.41. The highest BCUT2D eigenvalue weighted by atomic mass is 35.5.